The Bertz CT molecular complexity index is 325. The van der Waals surface area contributed by atoms with Crippen LogP contribution in [-0.4, -0.2) is 12.4 Å². The van der Waals surface area contributed by atoms with Gasteiger partial charge in [0.2, 0.25) is 0 Å². The highest BCUT2D eigenvalue weighted by atomic mass is 16.5. The van der Waals surface area contributed by atoms with Crippen molar-refractivity contribution in [3.05, 3.63) is 29.8 Å². The van der Waals surface area contributed by atoms with Crippen LogP contribution in [0.4, 0.5) is 0 Å². The van der Waals surface area contributed by atoms with Crippen LogP contribution in [0.5, 0.6) is 5.75 Å². The highest BCUT2D eigenvalue weighted by molar-refractivity contribution is 5.80. The van der Waals surface area contributed by atoms with Gasteiger partial charge in [-0.1, -0.05) is 26.0 Å². The summed E-state index contributed by atoms with van der Waals surface area (Å²) in [6, 6.07) is 7.97. The Labute approximate surface area is 97.6 Å². The second-order valence-electron chi connectivity index (χ2n) is 4.20. The summed E-state index contributed by atoms with van der Waals surface area (Å²) in [7, 11) is 0. The summed E-state index contributed by atoms with van der Waals surface area (Å²) in [6.07, 6.45) is 1.45. The summed E-state index contributed by atoms with van der Waals surface area (Å²) in [5.41, 5.74) is 1.19. The minimum atomic E-state index is 0.141. The second kappa shape index (κ2) is 6.31. The average Bonchev–Trinajstić information content (AvgIpc) is 2.28. The predicted molar refractivity (Wildman–Crippen MR) is 65.8 cm³/mol. The lowest BCUT2D eigenvalue weighted by Crippen LogP contribution is -2.07. The molecule has 2 heteroatoms. The first-order chi connectivity index (χ1) is 7.63. The molecule has 0 heterocycles. The Morgan fingerprint density at radius 3 is 2.38 bits per heavy atom. The van der Waals surface area contributed by atoms with Crippen LogP contribution in [0.2, 0.25) is 0 Å². The first kappa shape index (κ1) is 12.8. The fourth-order valence-corrected chi connectivity index (χ4v) is 1.48. The van der Waals surface area contributed by atoms with Crippen LogP contribution in [-0.2, 0) is 11.2 Å². The molecule has 0 N–H and O–H groups in total. The van der Waals surface area contributed by atoms with Crippen LogP contribution in [0.25, 0.3) is 0 Å². The normalized spacial score (nSPS) is 10.5. The Kier molecular flexibility index (Phi) is 5.03. The monoisotopic (exact) mass is 220 g/mol. The van der Waals surface area contributed by atoms with Gasteiger partial charge >= 0.3 is 0 Å². The van der Waals surface area contributed by atoms with Crippen molar-refractivity contribution in [1.82, 2.24) is 0 Å². The van der Waals surface area contributed by atoms with Gasteiger partial charge in [-0.25, -0.2) is 0 Å². The maximum absolute atomic E-state index is 11.5. The van der Waals surface area contributed by atoms with E-state index in [2.05, 4.69) is 0 Å². The van der Waals surface area contributed by atoms with Gasteiger partial charge in [0, 0.05) is 12.3 Å². The molecule has 1 aromatic carbocycles. The number of rotatable bonds is 6. The number of Topliss-reactive ketones (excluding diaryl/α,β-unsaturated/α-hetero) is 1. The summed E-state index contributed by atoms with van der Waals surface area (Å²) >= 11 is 0. The van der Waals surface area contributed by atoms with Gasteiger partial charge < -0.3 is 4.74 Å². The van der Waals surface area contributed by atoms with Crippen LogP contribution in [0.15, 0.2) is 24.3 Å². The summed E-state index contributed by atoms with van der Waals surface area (Å²) in [4.78, 5) is 11.5. The molecule has 0 bridgehead atoms. The van der Waals surface area contributed by atoms with E-state index in [0.717, 1.165) is 12.2 Å². The molecule has 0 aliphatic carbocycles. The Morgan fingerprint density at radius 2 is 1.88 bits per heavy atom. The Balaban J connectivity index is 2.46. The van der Waals surface area contributed by atoms with Crippen LogP contribution in [0.3, 0.4) is 0 Å². The third-order valence-corrected chi connectivity index (χ3v) is 2.54. The van der Waals surface area contributed by atoms with Crippen LogP contribution < -0.4 is 4.74 Å². The summed E-state index contributed by atoms with van der Waals surface area (Å²) in [5.74, 6) is 1.36. The maximum Gasteiger partial charge on any atom is 0.135 e. The smallest absolute Gasteiger partial charge is 0.135 e. The molecule has 0 fully saturated rings. The lowest BCUT2D eigenvalue weighted by molar-refractivity contribution is -0.121. The van der Waals surface area contributed by atoms with Crippen LogP contribution in [0.1, 0.15) is 32.8 Å². The quantitative estimate of drug-likeness (QED) is 0.735. The molecule has 0 saturated heterocycles. The number of ether oxygens (including phenoxy) is 1. The number of benzene rings is 1. The first-order valence-corrected chi connectivity index (χ1v) is 5.88. The first-order valence-electron chi connectivity index (χ1n) is 5.88. The molecule has 88 valence electrons. The zero-order valence-electron chi connectivity index (χ0n) is 10.3. The van der Waals surface area contributed by atoms with Gasteiger partial charge in [-0.3, -0.25) is 4.79 Å². The molecular weight excluding hydrogens is 200 g/mol. The fourth-order valence-electron chi connectivity index (χ4n) is 1.48. The number of ketones is 1. The molecule has 0 aliphatic rings. The number of hydrogen-bond donors (Lipinski definition) is 0. The molecule has 0 atom stereocenters. The minimum absolute atomic E-state index is 0.141. The van der Waals surface area contributed by atoms with E-state index in [0.29, 0.717) is 18.8 Å². The van der Waals surface area contributed by atoms with Crippen molar-refractivity contribution in [2.24, 2.45) is 5.92 Å². The lowest BCUT2D eigenvalue weighted by Gasteiger charge is -2.06. The zero-order valence-corrected chi connectivity index (χ0v) is 10.3. The fraction of sp³-hybridized carbons (Fsp3) is 0.500. The zero-order chi connectivity index (χ0) is 12.0. The van der Waals surface area contributed by atoms with Gasteiger partial charge in [-0.05, 0) is 31.0 Å². The molecule has 0 unspecified atom stereocenters. The van der Waals surface area contributed by atoms with E-state index in [1.807, 2.05) is 45.0 Å². The molecule has 0 radical (unpaired) electrons. The van der Waals surface area contributed by atoms with Crippen LogP contribution in [0, 0.1) is 5.92 Å². The largest absolute Gasteiger partial charge is 0.494 e. The number of aryl methyl sites for hydroxylation is 1. The van der Waals surface area contributed by atoms with Crippen molar-refractivity contribution in [2.75, 3.05) is 6.61 Å². The van der Waals surface area contributed by atoms with E-state index in [9.17, 15) is 4.79 Å². The highest BCUT2D eigenvalue weighted by Gasteiger charge is 2.06. The van der Waals surface area contributed by atoms with E-state index in [4.69, 9.17) is 4.74 Å². The molecule has 16 heavy (non-hydrogen) atoms. The molecule has 0 aromatic heterocycles. The van der Waals surface area contributed by atoms with Crippen molar-refractivity contribution in [2.45, 2.75) is 33.6 Å². The maximum atomic E-state index is 11.5. The standard InChI is InChI=1S/C14H20O2/c1-4-16-13-8-5-12(6-9-13)7-10-14(15)11(2)3/h5-6,8-9,11H,4,7,10H2,1-3H3. The van der Waals surface area contributed by atoms with E-state index in [1.165, 1.54) is 5.56 Å². The number of hydrogen-bond acceptors (Lipinski definition) is 2. The SMILES string of the molecule is CCOc1ccc(CCC(=O)C(C)C)cc1. The molecule has 1 aromatic rings. The molecule has 2 nitrogen and oxygen atoms in total. The Hall–Kier alpha value is -1.31. The molecule has 1 rings (SSSR count). The molecule has 0 spiro atoms. The summed E-state index contributed by atoms with van der Waals surface area (Å²) in [6.45, 7) is 6.54. The van der Waals surface area contributed by atoms with Crippen molar-refractivity contribution < 1.29 is 9.53 Å². The third kappa shape index (κ3) is 4.05. The topological polar surface area (TPSA) is 26.3 Å². The molecule has 0 saturated carbocycles. The highest BCUT2D eigenvalue weighted by Crippen LogP contribution is 2.14. The predicted octanol–water partition coefficient (Wildman–Crippen LogP) is 3.24. The van der Waals surface area contributed by atoms with E-state index in [1.54, 1.807) is 0 Å². The van der Waals surface area contributed by atoms with E-state index < -0.39 is 0 Å². The number of carbonyl (C=O) groups is 1. The van der Waals surface area contributed by atoms with Gasteiger partial charge in [-0.2, -0.15) is 0 Å². The van der Waals surface area contributed by atoms with Gasteiger partial charge in [0.05, 0.1) is 6.61 Å². The average molecular weight is 220 g/mol. The Morgan fingerprint density at radius 1 is 1.25 bits per heavy atom. The molecule has 0 aliphatic heterocycles. The van der Waals surface area contributed by atoms with E-state index in [-0.39, 0.29) is 5.92 Å². The van der Waals surface area contributed by atoms with Crippen molar-refractivity contribution in [1.29, 1.82) is 0 Å². The summed E-state index contributed by atoms with van der Waals surface area (Å²) in [5, 5.41) is 0. The molecular formula is C14H20O2. The van der Waals surface area contributed by atoms with Gasteiger partial charge in [0.15, 0.2) is 0 Å². The second-order valence-corrected chi connectivity index (χ2v) is 4.20. The minimum Gasteiger partial charge on any atom is -0.494 e. The molecule has 0 amide bonds. The van der Waals surface area contributed by atoms with Crippen molar-refractivity contribution in [3.63, 3.8) is 0 Å². The summed E-state index contributed by atoms with van der Waals surface area (Å²) < 4.78 is 5.36. The van der Waals surface area contributed by atoms with Gasteiger partial charge in [0.1, 0.15) is 11.5 Å². The lowest BCUT2D eigenvalue weighted by atomic mass is 10.0. The van der Waals surface area contributed by atoms with E-state index >= 15 is 0 Å². The van der Waals surface area contributed by atoms with Crippen molar-refractivity contribution in [3.8, 4) is 5.75 Å². The van der Waals surface area contributed by atoms with Crippen molar-refractivity contribution >= 4 is 5.78 Å². The van der Waals surface area contributed by atoms with Gasteiger partial charge in [0.25, 0.3) is 0 Å². The van der Waals surface area contributed by atoms with Crippen LogP contribution >= 0.6 is 0 Å². The number of carbonyl (C=O) groups excluding carboxylic acids is 1. The third-order valence-electron chi connectivity index (χ3n) is 2.54. The van der Waals surface area contributed by atoms with Gasteiger partial charge in [-0.15, -0.1) is 0 Å².